The highest BCUT2D eigenvalue weighted by Crippen LogP contribution is 2.06. The second kappa shape index (κ2) is 7.82. The lowest BCUT2D eigenvalue weighted by Crippen LogP contribution is -2.37. The summed E-state index contributed by atoms with van der Waals surface area (Å²) in [7, 11) is 0. The van der Waals surface area contributed by atoms with Gasteiger partial charge in [-0.25, -0.2) is 0 Å². The van der Waals surface area contributed by atoms with Crippen molar-refractivity contribution >= 4 is 5.97 Å². The van der Waals surface area contributed by atoms with Gasteiger partial charge in [0.05, 0.1) is 12.3 Å². The van der Waals surface area contributed by atoms with E-state index in [0.29, 0.717) is 19.6 Å². The molecule has 0 radical (unpaired) electrons. The molecule has 1 atom stereocenters. The zero-order chi connectivity index (χ0) is 13.4. The number of esters is 1. The second-order valence-corrected chi connectivity index (χ2v) is 4.06. The van der Waals surface area contributed by atoms with Gasteiger partial charge in [0.2, 0.25) is 0 Å². The van der Waals surface area contributed by atoms with Crippen molar-refractivity contribution in [2.75, 3.05) is 6.61 Å². The summed E-state index contributed by atoms with van der Waals surface area (Å²) in [5, 5.41) is 3.21. The SMILES string of the molecule is CCOC(=O)C(CC)NCc1ncccc1CC. The number of pyridine rings is 1. The number of hydrogen-bond donors (Lipinski definition) is 1. The number of hydrogen-bond acceptors (Lipinski definition) is 4. The van der Waals surface area contributed by atoms with Crippen LogP contribution >= 0.6 is 0 Å². The smallest absolute Gasteiger partial charge is 0.323 e. The molecule has 100 valence electrons. The molecular formula is C14H22N2O2. The summed E-state index contributed by atoms with van der Waals surface area (Å²) in [5.41, 5.74) is 2.21. The van der Waals surface area contributed by atoms with Gasteiger partial charge in [0.25, 0.3) is 0 Å². The van der Waals surface area contributed by atoms with E-state index >= 15 is 0 Å². The van der Waals surface area contributed by atoms with Crippen LogP contribution in [0.15, 0.2) is 18.3 Å². The average molecular weight is 250 g/mol. The number of ether oxygens (including phenoxy) is 1. The number of carbonyl (C=O) groups is 1. The van der Waals surface area contributed by atoms with E-state index in [9.17, 15) is 4.79 Å². The molecule has 0 amide bonds. The first-order chi connectivity index (χ1) is 8.72. The average Bonchev–Trinajstić information content (AvgIpc) is 2.40. The van der Waals surface area contributed by atoms with Gasteiger partial charge in [0.1, 0.15) is 6.04 Å². The van der Waals surface area contributed by atoms with Crippen molar-refractivity contribution in [3.05, 3.63) is 29.6 Å². The van der Waals surface area contributed by atoms with Crippen molar-refractivity contribution < 1.29 is 9.53 Å². The number of aryl methyl sites for hydroxylation is 1. The van der Waals surface area contributed by atoms with E-state index in [2.05, 4.69) is 23.3 Å². The molecule has 1 heterocycles. The molecule has 0 bridgehead atoms. The number of nitrogens with one attached hydrogen (secondary N) is 1. The van der Waals surface area contributed by atoms with Crippen molar-refractivity contribution in [1.29, 1.82) is 0 Å². The fraction of sp³-hybridized carbons (Fsp3) is 0.571. The summed E-state index contributed by atoms with van der Waals surface area (Å²) in [5.74, 6) is -0.186. The highest BCUT2D eigenvalue weighted by Gasteiger charge is 2.17. The molecule has 0 aliphatic carbocycles. The van der Waals surface area contributed by atoms with Crippen molar-refractivity contribution in [2.45, 2.75) is 46.2 Å². The zero-order valence-corrected chi connectivity index (χ0v) is 11.4. The van der Waals surface area contributed by atoms with Gasteiger partial charge in [-0.15, -0.1) is 0 Å². The third-order valence-electron chi connectivity index (χ3n) is 2.86. The monoisotopic (exact) mass is 250 g/mol. The van der Waals surface area contributed by atoms with E-state index in [0.717, 1.165) is 12.1 Å². The molecule has 0 aliphatic heterocycles. The molecule has 18 heavy (non-hydrogen) atoms. The lowest BCUT2D eigenvalue weighted by Gasteiger charge is -2.16. The molecule has 0 saturated heterocycles. The summed E-state index contributed by atoms with van der Waals surface area (Å²) in [6.07, 6.45) is 3.44. The van der Waals surface area contributed by atoms with Crippen LogP contribution in [-0.4, -0.2) is 23.6 Å². The Kier molecular flexibility index (Phi) is 6.36. The highest BCUT2D eigenvalue weighted by atomic mass is 16.5. The van der Waals surface area contributed by atoms with Gasteiger partial charge < -0.3 is 4.74 Å². The minimum absolute atomic E-state index is 0.186. The molecule has 1 unspecified atom stereocenters. The van der Waals surface area contributed by atoms with Crippen LogP contribution in [0, 0.1) is 0 Å². The fourth-order valence-corrected chi connectivity index (χ4v) is 1.81. The minimum Gasteiger partial charge on any atom is -0.465 e. The van der Waals surface area contributed by atoms with Crippen molar-refractivity contribution in [2.24, 2.45) is 0 Å². The van der Waals surface area contributed by atoms with Crippen LogP contribution in [0.5, 0.6) is 0 Å². The molecule has 4 nitrogen and oxygen atoms in total. The zero-order valence-electron chi connectivity index (χ0n) is 11.4. The maximum absolute atomic E-state index is 11.6. The molecule has 0 aliphatic rings. The van der Waals surface area contributed by atoms with E-state index in [-0.39, 0.29) is 12.0 Å². The number of carbonyl (C=O) groups excluding carboxylic acids is 1. The molecule has 0 fully saturated rings. The molecule has 1 aromatic rings. The Labute approximate surface area is 109 Å². The molecule has 1 rings (SSSR count). The number of aromatic nitrogens is 1. The Hall–Kier alpha value is -1.42. The minimum atomic E-state index is -0.253. The summed E-state index contributed by atoms with van der Waals surface area (Å²) in [6.45, 7) is 6.90. The maximum atomic E-state index is 11.6. The summed E-state index contributed by atoms with van der Waals surface area (Å²) < 4.78 is 5.02. The van der Waals surface area contributed by atoms with Crippen molar-refractivity contribution in [3.63, 3.8) is 0 Å². The first-order valence-electron chi connectivity index (χ1n) is 6.55. The van der Waals surface area contributed by atoms with Crippen LogP contribution < -0.4 is 5.32 Å². The molecule has 4 heteroatoms. The van der Waals surface area contributed by atoms with Crippen LogP contribution in [0.2, 0.25) is 0 Å². The van der Waals surface area contributed by atoms with Gasteiger partial charge in [-0.05, 0) is 31.4 Å². The second-order valence-electron chi connectivity index (χ2n) is 4.06. The normalized spacial score (nSPS) is 12.2. The van der Waals surface area contributed by atoms with Crippen LogP contribution in [0.1, 0.15) is 38.4 Å². The quantitative estimate of drug-likeness (QED) is 0.753. The molecule has 0 aromatic carbocycles. The van der Waals surface area contributed by atoms with Gasteiger partial charge in [0.15, 0.2) is 0 Å². The van der Waals surface area contributed by atoms with E-state index in [1.807, 2.05) is 19.9 Å². The fourth-order valence-electron chi connectivity index (χ4n) is 1.81. The Morgan fingerprint density at radius 1 is 1.44 bits per heavy atom. The molecule has 0 spiro atoms. The Morgan fingerprint density at radius 3 is 2.83 bits per heavy atom. The van der Waals surface area contributed by atoms with Crippen LogP contribution in [-0.2, 0) is 22.5 Å². The standard InChI is InChI=1S/C14H22N2O2/c1-4-11-8-7-9-15-13(11)10-16-12(5-2)14(17)18-6-3/h7-9,12,16H,4-6,10H2,1-3H3. The summed E-state index contributed by atoms with van der Waals surface area (Å²) in [4.78, 5) is 16.0. The van der Waals surface area contributed by atoms with Crippen molar-refractivity contribution in [1.82, 2.24) is 10.3 Å². The third kappa shape index (κ3) is 4.11. The molecular weight excluding hydrogens is 228 g/mol. The summed E-state index contributed by atoms with van der Waals surface area (Å²) >= 11 is 0. The third-order valence-corrected chi connectivity index (χ3v) is 2.86. The highest BCUT2D eigenvalue weighted by molar-refractivity contribution is 5.75. The van der Waals surface area contributed by atoms with E-state index in [1.165, 1.54) is 5.56 Å². The lowest BCUT2D eigenvalue weighted by atomic mass is 10.1. The predicted molar refractivity (Wildman–Crippen MR) is 71.2 cm³/mol. The van der Waals surface area contributed by atoms with Gasteiger partial charge in [-0.1, -0.05) is 19.9 Å². The van der Waals surface area contributed by atoms with Gasteiger partial charge in [-0.2, -0.15) is 0 Å². The Bertz CT molecular complexity index is 380. The van der Waals surface area contributed by atoms with Crippen LogP contribution in [0.3, 0.4) is 0 Å². The Balaban J connectivity index is 2.59. The molecule has 1 N–H and O–H groups in total. The first-order valence-corrected chi connectivity index (χ1v) is 6.55. The van der Waals surface area contributed by atoms with Gasteiger partial charge in [0, 0.05) is 12.7 Å². The lowest BCUT2D eigenvalue weighted by molar-refractivity contribution is -0.145. The van der Waals surface area contributed by atoms with E-state index in [1.54, 1.807) is 6.20 Å². The number of rotatable bonds is 7. The topological polar surface area (TPSA) is 51.2 Å². The summed E-state index contributed by atoms with van der Waals surface area (Å²) in [6, 6.07) is 3.75. The van der Waals surface area contributed by atoms with Gasteiger partial charge >= 0.3 is 5.97 Å². The van der Waals surface area contributed by atoms with E-state index in [4.69, 9.17) is 4.74 Å². The van der Waals surface area contributed by atoms with Gasteiger partial charge in [-0.3, -0.25) is 15.1 Å². The van der Waals surface area contributed by atoms with Crippen LogP contribution in [0.4, 0.5) is 0 Å². The molecule has 1 aromatic heterocycles. The molecule has 0 saturated carbocycles. The Morgan fingerprint density at radius 2 is 2.22 bits per heavy atom. The number of nitrogens with zero attached hydrogens (tertiary/aromatic N) is 1. The predicted octanol–water partition coefficient (Wildman–Crippen LogP) is 2.08. The van der Waals surface area contributed by atoms with Crippen LogP contribution in [0.25, 0.3) is 0 Å². The largest absolute Gasteiger partial charge is 0.465 e. The van der Waals surface area contributed by atoms with E-state index < -0.39 is 0 Å². The maximum Gasteiger partial charge on any atom is 0.323 e. The first kappa shape index (κ1) is 14.6. The van der Waals surface area contributed by atoms with Crippen molar-refractivity contribution in [3.8, 4) is 0 Å².